The molecule has 0 fully saturated rings. The average Bonchev–Trinajstić information content (AvgIpc) is 3.08. The van der Waals surface area contributed by atoms with Gasteiger partial charge in [0.15, 0.2) is 0 Å². The molecule has 2 aromatic carbocycles. The highest BCUT2D eigenvalue weighted by atomic mass is 35.5. The summed E-state index contributed by atoms with van der Waals surface area (Å²) in [4.78, 5) is 26.1. The molecule has 0 saturated carbocycles. The molecule has 1 N–H and O–H groups in total. The van der Waals surface area contributed by atoms with Gasteiger partial charge in [-0.3, -0.25) is 4.79 Å². The first-order valence-electron chi connectivity index (χ1n) is 9.73. The minimum atomic E-state index is -0.529. The van der Waals surface area contributed by atoms with Crippen LogP contribution in [0.5, 0.6) is 5.75 Å². The predicted molar refractivity (Wildman–Crippen MR) is 131 cm³/mol. The van der Waals surface area contributed by atoms with Gasteiger partial charge in [0, 0.05) is 26.6 Å². The molecule has 0 spiro atoms. The maximum absolute atomic E-state index is 12.6. The fraction of sp³-hybridized carbons (Fsp3) is 0.167. The molecule has 0 aliphatic carbocycles. The topological polar surface area (TPSA) is 64.6 Å². The summed E-state index contributed by atoms with van der Waals surface area (Å²) in [6.45, 7) is 4.37. The van der Waals surface area contributed by atoms with Gasteiger partial charge in [-0.2, -0.15) is 0 Å². The monoisotopic (exact) mass is 489 g/mol. The van der Waals surface area contributed by atoms with E-state index in [-0.39, 0.29) is 0 Å². The van der Waals surface area contributed by atoms with E-state index in [9.17, 15) is 9.59 Å². The quantitative estimate of drug-likeness (QED) is 0.290. The first kappa shape index (κ1) is 23.9. The SMILES string of the molecule is CCOc1ccc(-c2c(C)sc(NC(=O)C=Cc3ccc(Cl)cc3Cl)c2C(=O)OC)cc1. The van der Waals surface area contributed by atoms with Gasteiger partial charge in [0.1, 0.15) is 16.3 Å². The standard InChI is InChI=1S/C24H21Cl2NO4S/c1-4-31-18-10-6-16(7-11-18)21-14(2)32-23(22(21)24(29)30-3)27-20(28)12-8-15-5-9-17(25)13-19(15)26/h5-13H,4H2,1-3H3,(H,27,28). The highest BCUT2D eigenvalue weighted by Crippen LogP contribution is 2.40. The van der Waals surface area contributed by atoms with Crippen LogP contribution in [0.25, 0.3) is 17.2 Å². The molecular weight excluding hydrogens is 469 g/mol. The highest BCUT2D eigenvalue weighted by Gasteiger charge is 2.24. The summed E-state index contributed by atoms with van der Waals surface area (Å²) < 4.78 is 10.5. The molecule has 0 saturated heterocycles. The van der Waals surface area contributed by atoms with Gasteiger partial charge in [-0.15, -0.1) is 11.3 Å². The lowest BCUT2D eigenvalue weighted by molar-refractivity contribution is -0.111. The van der Waals surface area contributed by atoms with Crippen LogP contribution in [0.4, 0.5) is 5.00 Å². The smallest absolute Gasteiger partial charge is 0.341 e. The summed E-state index contributed by atoms with van der Waals surface area (Å²) in [7, 11) is 1.31. The van der Waals surface area contributed by atoms with Crippen LogP contribution in [0.15, 0.2) is 48.5 Å². The van der Waals surface area contributed by atoms with E-state index in [0.717, 1.165) is 16.2 Å². The molecule has 1 aromatic heterocycles. The first-order valence-corrected chi connectivity index (χ1v) is 11.3. The molecule has 166 valence electrons. The molecule has 0 aliphatic rings. The van der Waals surface area contributed by atoms with Crippen molar-refractivity contribution in [2.75, 3.05) is 19.0 Å². The number of benzene rings is 2. The number of carbonyl (C=O) groups excluding carboxylic acids is 2. The van der Waals surface area contributed by atoms with Crippen LogP contribution in [0, 0.1) is 6.92 Å². The van der Waals surface area contributed by atoms with Gasteiger partial charge in [-0.1, -0.05) is 41.4 Å². The Morgan fingerprint density at radius 2 is 1.84 bits per heavy atom. The van der Waals surface area contributed by atoms with Crippen LogP contribution in [0.1, 0.15) is 27.7 Å². The number of carbonyl (C=O) groups is 2. The molecule has 0 radical (unpaired) electrons. The van der Waals surface area contributed by atoms with Crippen molar-refractivity contribution in [3.63, 3.8) is 0 Å². The number of thiophene rings is 1. The second-order valence-electron chi connectivity index (χ2n) is 6.67. The number of halogens is 2. The normalized spacial score (nSPS) is 10.9. The molecule has 1 heterocycles. The third-order valence-corrected chi connectivity index (χ3v) is 6.12. The van der Waals surface area contributed by atoms with E-state index >= 15 is 0 Å². The van der Waals surface area contributed by atoms with Crippen LogP contribution in [0.3, 0.4) is 0 Å². The Morgan fingerprint density at radius 3 is 2.47 bits per heavy atom. The van der Waals surface area contributed by atoms with Crippen LogP contribution in [-0.2, 0) is 9.53 Å². The van der Waals surface area contributed by atoms with Gasteiger partial charge >= 0.3 is 5.97 Å². The van der Waals surface area contributed by atoms with Crippen molar-refractivity contribution in [1.82, 2.24) is 0 Å². The average molecular weight is 490 g/mol. The number of ether oxygens (including phenoxy) is 2. The number of hydrogen-bond acceptors (Lipinski definition) is 5. The van der Waals surface area contributed by atoms with E-state index in [1.165, 1.54) is 24.5 Å². The molecule has 3 rings (SSSR count). The lowest BCUT2D eigenvalue weighted by atomic mass is 10.0. The van der Waals surface area contributed by atoms with Crippen LogP contribution < -0.4 is 10.1 Å². The molecule has 0 unspecified atom stereocenters. The van der Waals surface area contributed by atoms with E-state index in [0.29, 0.717) is 38.3 Å². The maximum atomic E-state index is 12.6. The van der Waals surface area contributed by atoms with E-state index < -0.39 is 11.9 Å². The van der Waals surface area contributed by atoms with Gasteiger partial charge in [-0.05, 0) is 55.3 Å². The first-order chi connectivity index (χ1) is 15.3. The summed E-state index contributed by atoms with van der Waals surface area (Å²) in [5.41, 5.74) is 2.50. The summed E-state index contributed by atoms with van der Waals surface area (Å²) >= 11 is 13.4. The molecular formula is C24H21Cl2NO4S. The highest BCUT2D eigenvalue weighted by molar-refractivity contribution is 7.17. The molecule has 32 heavy (non-hydrogen) atoms. The zero-order valence-electron chi connectivity index (χ0n) is 17.7. The van der Waals surface area contributed by atoms with E-state index in [4.69, 9.17) is 32.7 Å². The van der Waals surface area contributed by atoms with Crippen molar-refractivity contribution in [3.8, 4) is 16.9 Å². The lowest BCUT2D eigenvalue weighted by Crippen LogP contribution is -2.11. The number of anilines is 1. The lowest BCUT2D eigenvalue weighted by Gasteiger charge is -2.08. The van der Waals surface area contributed by atoms with Gasteiger partial charge < -0.3 is 14.8 Å². The molecule has 0 bridgehead atoms. The van der Waals surface area contributed by atoms with Crippen LogP contribution >= 0.6 is 34.5 Å². The molecule has 3 aromatic rings. The van der Waals surface area contributed by atoms with E-state index in [1.54, 1.807) is 24.3 Å². The molecule has 5 nitrogen and oxygen atoms in total. The summed E-state index contributed by atoms with van der Waals surface area (Å²) in [5, 5.41) is 4.14. The number of methoxy groups -OCH3 is 1. The number of amides is 1. The number of aryl methyl sites for hydroxylation is 1. The Morgan fingerprint density at radius 1 is 1.12 bits per heavy atom. The molecule has 0 aliphatic heterocycles. The van der Waals surface area contributed by atoms with Crippen molar-refractivity contribution < 1.29 is 19.1 Å². The maximum Gasteiger partial charge on any atom is 0.341 e. The third-order valence-electron chi connectivity index (χ3n) is 4.54. The third kappa shape index (κ3) is 5.51. The second-order valence-corrected chi connectivity index (χ2v) is 8.74. The predicted octanol–water partition coefficient (Wildman–Crippen LogP) is 6.87. The number of esters is 1. The zero-order valence-corrected chi connectivity index (χ0v) is 20.0. The van der Waals surface area contributed by atoms with Gasteiger partial charge in [-0.25, -0.2) is 4.79 Å². The van der Waals surface area contributed by atoms with Gasteiger partial charge in [0.05, 0.1) is 13.7 Å². The van der Waals surface area contributed by atoms with Crippen molar-refractivity contribution in [2.24, 2.45) is 0 Å². The number of hydrogen-bond donors (Lipinski definition) is 1. The Balaban J connectivity index is 1.91. The Hall–Kier alpha value is -2.80. The zero-order chi connectivity index (χ0) is 23.3. The van der Waals surface area contributed by atoms with Gasteiger partial charge in [0.2, 0.25) is 5.91 Å². The molecule has 8 heteroatoms. The minimum absolute atomic E-state index is 0.311. The second kappa shape index (κ2) is 10.7. The van der Waals surface area contributed by atoms with Crippen LogP contribution in [0.2, 0.25) is 10.0 Å². The number of nitrogens with one attached hydrogen (secondary N) is 1. The van der Waals surface area contributed by atoms with Crippen molar-refractivity contribution in [2.45, 2.75) is 13.8 Å². The summed E-state index contributed by atoms with van der Waals surface area (Å²) in [5.74, 6) is -0.192. The van der Waals surface area contributed by atoms with Gasteiger partial charge in [0.25, 0.3) is 0 Å². The Bertz CT molecular complexity index is 1170. The molecule has 1 amide bonds. The Kier molecular flexibility index (Phi) is 7.96. The fourth-order valence-corrected chi connectivity index (χ4v) is 4.66. The molecule has 0 atom stereocenters. The minimum Gasteiger partial charge on any atom is -0.494 e. The summed E-state index contributed by atoms with van der Waals surface area (Å²) in [6, 6.07) is 12.4. The van der Waals surface area contributed by atoms with Crippen molar-refractivity contribution >= 4 is 57.5 Å². The van der Waals surface area contributed by atoms with E-state index in [2.05, 4.69) is 5.32 Å². The van der Waals surface area contributed by atoms with Crippen LogP contribution in [-0.4, -0.2) is 25.6 Å². The summed E-state index contributed by atoms with van der Waals surface area (Å²) in [6.07, 6.45) is 2.93. The largest absolute Gasteiger partial charge is 0.494 e. The Labute approximate surface area is 200 Å². The van der Waals surface area contributed by atoms with Crippen molar-refractivity contribution in [1.29, 1.82) is 0 Å². The number of rotatable bonds is 7. The fourth-order valence-electron chi connectivity index (χ4n) is 3.12. The van der Waals surface area contributed by atoms with Crippen molar-refractivity contribution in [3.05, 3.63) is 74.6 Å². The van der Waals surface area contributed by atoms with E-state index in [1.807, 2.05) is 38.1 Å².